The molecule has 0 saturated heterocycles. The van der Waals surface area contributed by atoms with E-state index in [4.69, 9.17) is 5.11 Å². The van der Waals surface area contributed by atoms with Crippen LogP contribution in [0.3, 0.4) is 0 Å². The van der Waals surface area contributed by atoms with Gasteiger partial charge in [0.1, 0.15) is 0 Å². The number of carboxylic acids is 1. The molecular weight excluding hydrogens is 252 g/mol. The molecule has 4 nitrogen and oxygen atoms in total. The second-order valence-electron chi connectivity index (χ2n) is 3.66. The second kappa shape index (κ2) is 5.01. The minimum absolute atomic E-state index is 0.169. The highest BCUT2D eigenvalue weighted by Gasteiger charge is 2.07. The molecule has 92 valence electrons. The highest BCUT2D eigenvalue weighted by atomic mass is 32.2. The lowest BCUT2D eigenvalue weighted by Crippen LogP contribution is -1.95. The van der Waals surface area contributed by atoms with Crippen LogP contribution in [0, 0.1) is 0 Å². The van der Waals surface area contributed by atoms with E-state index in [2.05, 4.69) is 0 Å². The normalized spacial score (nSPS) is 10.5. The first-order valence-electron chi connectivity index (χ1n) is 5.17. The predicted molar refractivity (Wildman–Crippen MR) is 67.4 cm³/mol. The Bertz CT molecular complexity index is 649. The van der Waals surface area contributed by atoms with Crippen molar-refractivity contribution >= 4 is 16.7 Å². The number of benzene rings is 2. The molecule has 1 N–H and O–H groups in total. The lowest BCUT2D eigenvalue weighted by atomic mass is 10.0. The topological polar surface area (TPSA) is 71.4 Å². The minimum Gasteiger partial charge on any atom is -0.478 e. The third kappa shape index (κ3) is 2.41. The SMILES string of the molecule is O=C(O)c1ccc(-c2ccccc2[SH](=O)=O)cc1. The van der Waals surface area contributed by atoms with E-state index in [-0.39, 0.29) is 10.5 Å². The molecule has 2 aromatic carbocycles. The van der Waals surface area contributed by atoms with Gasteiger partial charge in [-0.1, -0.05) is 30.3 Å². The van der Waals surface area contributed by atoms with Crippen LogP contribution < -0.4 is 0 Å². The van der Waals surface area contributed by atoms with Gasteiger partial charge in [-0.2, -0.15) is 0 Å². The van der Waals surface area contributed by atoms with Crippen molar-refractivity contribution in [1.29, 1.82) is 0 Å². The van der Waals surface area contributed by atoms with Gasteiger partial charge in [0, 0.05) is 5.56 Å². The molecule has 0 aliphatic carbocycles. The van der Waals surface area contributed by atoms with Crippen molar-refractivity contribution < 1.29 is 18.3 Å². The summed E-state index contributed by atoms with van der Waals surface area (Å²) in [5, 5.41) is 8.79. The summed E-state index contributed by atoms with van der Waals surface area (Å²) in [5.74, 6) is -1.01. The Morgan fingerprint density at radius 1 is 0.944 bits per heavy atom. The maximum Gasteiger partial charge on any atom is 0.335 e. The van der Waals surface area contributed by atoms with Gasteiger partial charge in [0.2, 0.25) is 0 Å². The van der Waals surface area contributed by atoms with Gasteiger partial charge >= 0.3 is 5.97 Å². The Morgan fingerprint density at radius 2 is 1.56 bits per heavy atom. The quantitative estimate of drug-likeness (QED) is 0.830. The molecular formula is C13H10O4S. The van der Waals surface area contributed by atoms with E-state index in [9.17, 15) is 13.2 Å². The summed E-state index contributed by atoms with van der Waals surface area (Å²) in [6.07, 6.45) is 0. The molecule has 0 aromatic heterocycles. The van der Waals surface area contributed by atoms with Crippen molar-refractivity contribution in [3.05, 3.63) is 54.1 Å². The van der Waals surface area contributed by atoms with E-state index in [1.807, 2.05) is 0 Å². The zero-order valence-electron chi connectivity index (χ0n) is 9.24. The first-order chi connectivity index (χ1) is 8.59. The standard InChI is InChI=1S/C13H10O4S/c14-13(15)10-7-5-9(6-8-10)11-3-1-2-4-12(11)18(16)17/h1-8,18H,(H,14,15). The number of hydrogen-bond donors (Lipinski definition) is 2. The van der Waals surface area contributed by atoms with Crippen molar-refractivity contribution in [3.63, 3.8) is 0 Å². The number of rotatable bonds is 3. The third-order valence-corrected chi connectivity index (χ3v) is 3.33. The fourth-order valence-corrected chi connectivity index (χ4v) is 2.28. The van der Waals surface area contributed by atoms with Crippen LogP contribution in [0.15, 0.2) is 53.4 Å². The van der Waals surface area contributed by atoms with E-state index in [1.54, 1.807) is 30.3 Å². The molecule has 0 heterocycles. The summed E-state index contributed by atoms with van der Waals surface area (Å²) >= 11 is 0. The van der Waals surface area contributed by atoms with Gasteiger partial charge in [0.15, 0.2) is 10.7 Å². The Balaban J connectivity index is 2.52. The minimum atomic E-state index is -2.68. The van der Waals surface area contributed by atoms with Gasteiger partial charge in [-0.15, -0.1) is 0 Å². The lowest BCUT2D eigenvalue weighted by Gasteiger charge is -2.05. The molecule has 0 fully saturated rings. The van der Waals surface area contributed by atoms with E-state index >= 15 is 0 Å². The largest absolute Gasteiger partial charge is 0.478 e. The Hall–Kier alpha value is -2.14. The van der Waals surface area contributed by atoms with Gasteiger partial charge in [-0.3, -0.25) is 0 Å². The van der Waals surface area contributed by atoms with E-state index < -0.39 is 16.7 Å². The monoisotopic (exact) mass is 262 g/mol. The molecule has 0 aliphatic heterocycles. The summed E-state index contributed by atoms with van der Waals surface area (Å²) in [7, 11) is -2.68. The zero-order chi connectivity index (χ0) is 13.1. The molecule has 18 heavy (non-hydrogen) atoms. The first-order valence-corrected chi connectivity index (χ1v) is 6.34. The van der Waals surface area contributed by atoms with Gasteiger partial charge in [0.25, 0.3) is 0 Å². The highest BCUT2D eigenvalue weighted by Crippen LogP contribution is 2.24. The Labute approximate surface area is 105 Å². The van der Waals surface area contributed by atoms with Crippen LogP contribution in [0.25, 0.3) is 11.1 Å². The van der Waals surface area contributed by atoms with Crippen LogP contribution in [-0.2, 0) is 10.7 Å². The number of hydrogen-bond acceptors (Lipinski definition) is 3. The number of carboxylic acid groups (broad SMARTS) is 1. The molecule has 0 bridgehead atoms. The Kier molecular flexibility index (Phi) is 3.43. The number of thiol groups is 1. The molecule has 2 rings (SSSR count). The predicted octanol–water partition coefficient (Wildman–Crippen LogP) is 2.02. The smallest absolute Gasteiger partial charge is 0.335 e. The lowest BCUT2D eigenvalue weighted by molar-refractivity contribution is 0.0697. The van der Waals surface area contributed by atoms with E-state index in [0.717, 1.165) is 0 Å². The summed E-state index contributed by atoms with van der Waals surface area (Å²) < 4.78 is 22.2. The molecule has 2 aromatic rings. The van der Waals surface area contributed by atoms with Gasteiger partial charge < -0.3 is 5.11 Å². The van der Waals surface area contributed by atoms with Crippen LogP contribution in [0.2, 0.25) is 0 Å². The van der Waals surface area contributed by atoms with E-state index in [0.29, 0.717) is 11.1 Å². The maximum absolute atomic E-state index is 11.1. The van der Waals surface area contributed by atoms with Crippen molar-refractivity contribution in [2.24, 2.45) is 0 Å². The van der Waals surface area contributed by atoms with E-state index in [1.165, 1.54) is 18.2 Å². The molecule has 0 spiro atoms. The second-order valence-corrected chi connectivity index (χ2v) is 4.65. The summed E-state index contributed by atoms with van der Waals surface area (Å²) in [4.78, 5) is 11.0. The third-order valence-electron chi connectivity index (χ3n) is 2.54. The Morgan fingerprint density at radius 3 is 2.11 bits per heavy atom. The average Bonchev–Trinajstić information content (AvgIpc) is 2.39. The number of carbonyl (C=O) groups is 1. The van der Waals surface area contributed by atoms with Crippen LogP contribution in [-0.4, -0.2) is 19.5 Å². The van der Waals surface area contributed by atoms with Crippen LogP contribution >= 0.6 is 0 Å². The molecule has 0 unspecified atom stereocenters. The van der Waals surface area contributed by atoms with Gasteiger partial charge in [0.05, 0.1) is 10.5 Å². The molecule has 0 radical (unpaired) electrons. The first kappa shape index (κ1) is 12.3. The van der Waals surface area contributed by atoms with Crippen LogP contribution in [0.5, 0.6) is 0 Å². The molecule has 0 amide bonds. The maximum atomic E-state index is 11.1. The van der Waals surface area contributed by atoms with Gasteiger partial charge in [-0.25, -0.2) is 13.2 Å². The number of aromatic carboxylic acids is 1. The highest BCUT2D eigenvalue weighted by molar-refractivity contribution is 7.72. The average molecular weight is 262 g/mol. The summed E-state index contributed by atoms with van der Waals surface area (Å²) in [5.41, 5.74) is 1.42. The summed E-state index contributed by atoms with van der Waals surface area (Å²) in [6.45, 7) is 0. The molecule has 0 saturated carbocycles. The van der Waals surface area contributed by atoms with Crippen molar-refractivity contribution in [1.82, 2.24) is 0 Å². The zero-order valence-corrected chi connectivity index (χ0v) is 10.1. The molecule has 0 aliphatic rings. The van der Waals surface area contributed by atoms with Crippen molar-refractivity contribution in [3.8, 4) is 11.1 Å². The van der Waals surface area contributed by atoms with Crippen molar-refractivity contribution in [2.75, 3.05) is 0 Å². The molecule has 0 atom stereocenters. The van der Waals surface area contributed by atoms with Gasteiger partial charge in [-0.05, 0) is 23.8 Å². The molecule has 5 heteroatoms. The van der Waals surface area contributed by atoms with Crippen LogP contribution in [0.4, 0.5) is 0 Å². The fourth-order valence-electron chi connectivity index (χ4n) is 1.67. The summed E-state index contributed by atoms with van der Waals surface area (Å²) in [6, 6.07) is 12.7. The van der Waals surface area contributed by atoms with Crippen LogP contribution in [0.1, 0.15) is 10.4 Å². The van der Waals surface area contributed by atoms with Crippen molar-refractivity contribution in [2.45, 2.75) is 4.90 Å². The fraction of sp³-hybridized carbons (Fsp3) is 0.